The maximum Gasteiger partial charge on any atom is 0.176 e. The Bertz CT molecular complexity index is 292. The number of halogens is 1. The van der Waals surface area contributed by atoms with Crippen LogP contribution in [0.3, 0.4) is 0 Å². The molecule has 78 valence electrons. The fraction of sp³-hybridized carbons (Fsp3) is 0.600. The normalized spacial score (nSPS) is 20.1. The molecular weight excluding hydrogens is 199 g/mol. The molecule has 1 aromatic heterocycles. The fourth-order valence-electron chi connectivity index (χ4n) is 1.77. The van der Waals surface area contributed by atoms with E-state index in [2.05, 4.69) is 4.90 Å². The van der Waals surface area contributed by atoms with Gasteiger partial charge in [-0.1, -0.05) is 0 Å². The van der Waals surface area contributed by atoms with Gasteiger partial charge in [0.05, 0.1) is 0 Å². The fourth-order valence-corrected chi connectivity index (χ4v) is 2.54. The highest BCUT2D eigenvalue weighted by Gasteiger charge is 2.16. The SMILES string of the molecule is NC1CCN(Cc2ccc(F)s2)CC1. The topological polar surface area (TPSA) is 29.3 Å². The van der Waals surface area contributed by atoms with Crippen molar-refractivity contribution in [2.24, 2.45) is 5.73 Å². The average Bonchev–Trinajstić information content (AvgIpc) is 2.56. The lowest BCUT2D eigenvalue weighted by atomic mass is 10.1. The van der Waals surface area contributed by atoms with Crippen LogP contribution in [0.25, 0.3) is 0 Å². The van der Waals surface area contributed by atoms with Gasteiger partial charge in [-0.25, -0.2) is 0 Å². The molecule has 1 aliphatic heterocycles. The van der Waals surface area contributed by atoms with Crippen LogP contribution in [0.2, 0.25) is 0 Å². The highest BCUT2D eigenvalue weighted by Crippen LogP contribution is 2.18. The summed E-state index contributed by atoms with van der Waals surface area (Å²) < 4.78 is 12.7. The molecule has 1 aromatic rings. The minimum Gasteiger partial charge on any atom is -0.328 e. The van der Waals surface area contributed by atoms with Crippen LogP contribution in [-0.4, -0.2) is 24.0 Å². The molecule has 0 aromatic carbocycles. The van der Waals surface area contributed by atoms with Crippen LogP contribution >= 0.6 is 11.3 Å². The van der Waals surface area contributed by atoms with E-state index >= 15 is 0 Å². The van der Waals surface area contributed by atoms with Gasteiger partial charge in [-0.05, 0) is 38.1 Å². The maximum absolute atomic E-state index is 12.7. The Kier molecular flexibility index (Phi) is 3.15. The predicted octanol–water partition coefficient (Wildman–Crippen LogP) is 1.81. The van der Waals surface area contributed by atoms with Crippen molar-refractivity contribution in [1.29, 1.82) is 0 Å². The molecule has 0 spiro atoms. The second-order valence-corrected chi connectivity index (χ2v) is 4.94. The summed E-state index contributed by atoms with van der Waals surface area (Å²) in [5.41, 5.74) is 5.81. The predicted molar refractivity (Wildman–Crippen MR) is 56.8 cm³/mol. The lowest BCUT2D eigenvalue weighted by Gasteiger charge is -2.29. The average molecular weight is 214 g/mol. The zero-order valence-electron chi connectivity index (χ0n) is 8.08. The van der Waals surface area contributed by atoms with Crippen molar-refractivity contribution >= 4 is 11.3 Å². The number of hydrogen-bond donors (Lipinski definition) is 1. The standard InChI is InChI=1S/C10H15FN2S/c11-10-2-1-9(14-10)7-13-5-3-8(12)4-6-13/h1-2,8H,3-7,12H2. The van der Waals surface area contributed by atoms with Crippen LogP contribution in [0.1, 0.15) is 17.7 Å². The monoisotopic (exact) mass is 214 g/mol. The van der Waals surface area contributed by atoms with Gasteiger partial charge in [0.1, 0.15) is 0 Å². The van der Waals surface area contributed by atoms with Crippen molar-refractivity contribution in [3.8, 4) is 0 Å². The Labute approximate surface area is 87.5 Å². The second kappa shape index (κ2) is 4.38. The summed E-state index contributed by atoms with van der Waals surface area (Å²) in [5, 5.41) is -0.0892. The van der Waals surface area contributed by atoms with E-state index < -0.39 is 0 Å². The van der Waals surface area contributed by atoms with Crippen molar-refractivity contribution in [2.75, 3.05) is 13.1 Å². The summed E-state index contributed by atoms with van der Waals surface area (Å²) in [6.07, 6.45) is 2.13. The first kappa shape index (κ1) is 10.1. The maximum atomic E-state index is 12.7. The first-order chi connectivity index (χ1) is 6.74. The Balaban J connectivity index is 1.86. The van der Waals surface area contributed by atoms with E-state index in [1.165, 1.54) is 17.4 Å². The van der Waals surface area contributed by atoms with Crippen molar-refractivity contribution in [3.05, 3.63) is 22.1 Å². The number of likely N-dealkylation sites (tertiary alicyclic amines) is 1. The molecule has 2 N–H and O–H groups in total. The van der Waals surface area contributed by atoms with Crippen LogP contribution in [-0.2, 0) is 6.54 Å². The number of thiophene rings is 1. The highest BCUT2D eigenvalue weighted by atomic mass is 32.1. The first-order valence-corrected chi connectivity index (χ1v) is 5.78. The van der Waals surface area contributed by atoms with Gasteiger partial charge in [0, 0.05) is 17.5 Å². The summed E-state index contributed by atoms with van der Waals surface area (Å²) in [5.74, 6) is 0. The van der Waals surface area contributed by atoms with E-state index in [-0.39, 0.29) is 5.13 Å². The quantitative estimate of drug-likeness (QED) is 0.813. The van der Waals surface area contributed by atoms with Gasteiger partial charge in [-0.3, -0.25) is 4.90 Å². The number of nitrogens with two attached hydrogens (primary N) is 1. The molecule has 1 saturated heterocycles. The van der Waals surface area contributed by atoms with Gasteiger partial charge in [-0.2, -0.15) is 4.39 Å². The summed E-state index contributed by atoms with van der Waals surface area (Å²) >= 11 is 1.24. The molecule has 1 aliphatic rings. The molecule has 2 heterocycles. The van der Waals surface area contributed by atoms with Crippen LogP contribution in [0.5, 0.6) is 0 Å². The molecule has 0 bridgehead atoms. The molecule has 1 fully saturated rings. The van der Waals surface area contributed by atoms with E-state index in [4.69, 9.17) is 5.73 Å². The van der Waals surface area contributed by atoms with E-state index in [9.17, 15) is 4.39 Å². The Morgan fingerprint density at radius 2 is 2.14 bits per heavy atom. The van der Waals surface area contributed by atoms with Crippen molar-refractivity contribution in [1.82, 2.24) is 4.90 Å². The van der Waals surface area contributed by atoms with Gasteiger partial charge < -0.3 is 5.73 Å². The van der Waals surface area contributed by atoms with E-state index in [0.29, 0.717) is 6.04 Å². The first-order valence-electron chi connectivity index (χ1n) is 4.96. The third kappa shape index (κ3) is 2.53. The summed E-state index contributed by atoms with van der Waals surface area (Å²) in [4.78, 5) is 3.45. The summed E-state index contributed by atoms with van der Waals surface area (Å²) in [6.45, 7) is 2.96. The van der Waals surface area contributed by atoms with Gasteiger partial charge in [0.15, 0.2) is 5.13 Å². The molecule has 2 rings (SSSR count). The van der Waals surface area contributed by atoms with Gasteiger partial charge >= 0.3 is 0 Å². The number of nitrogens with zero attached hydrogens (tertiary/aromatic N) is 1. The Hall–Kier alpha value is -0.450. The Morgan fingerprint density at radius 3 is 2.71 bits per heavy atom. The number of hydrogen-bond acceptors (Lipinski definition) is 3. The lowest BCUT2D eigenvalue weighted by Crippen LogP contribution is -2.39. The molecule has 0 unspecified atom stereocenters. The van der Waals surface area contributed by atoms with Crippen molar-refractivity contribution in [2.45, 2.75) is 25.4 Å². The van der Waals surface area contributed by atoms with Crippen LogP contribution in [0.15, 0.2) is 12.1 Å². The molecular formula is C10H15FN2S. The largest absolute Gasteiger partial charge is 0.328 e. The van der Waals surface area contributed by atoms with E-state index in [1.54, 1.807) is 0 Å². The Morgan fingerprint density at radius 1 is 1.43 bits per heavy atom. The molecule has 14 heavy (non-hydrogen) atoms. The molecule has 0 atom stereocenters. The van der Waals surface area contributed by atoms with Crippen LogP contribution in [0.4, 0.5) is 4.39 Å². The second-order valence-electron chi connectivity index (χ2n) is 3.82. The summed E-state index contributed by atoms with van der Waals surface area (Å²) in [6, 6.07) is 3.77. The molecule has 0 saturated carbocycles. The van der Waals surface area contributed by atoms with Gasteiger partial charge in [-0.15, -0.1) is 11.3 Å². The van der Waals surface area contributed by atoms with Crippen LogP contribution < -0.4 is 5.73 Å². The van der Waals surface area contributed by atoms with Gasteiger partial charge in [0.2, 0.25) is 0 Å². The smallest absolute Gasteiger partial charge is 0.176 e. The minimum atomic E-state index is -0.0892. The molecule has 2 nitrogen and oxygen atoms in total. The molecule has 4 heteroatoms. The molecule has 0 radical (unpaired) electrons. The number of piperidine rings is 1. The third-order valence-electron chi connectivity index (χ3n) is 2.64. The lowest BCUT2D eigenvalue weighted by molar-refractivity contribution is 0.207. The molecule has 0 aliphatic carbocycles. The third-order valence-corrected chi connectivity index (χ3v) is 3.50. The van der Waals surface area contributed by atoms with E-state index in [0.717, 1.165) is 37.4 Å². The van der Waals surface area contributed by atoms with Crippen molar-refractivity contribution < 1.29 is 4.39 Å². The zero-order valence-corrected chi connectivity index (χ0v) is 8.89. The summed E-state index contributed by atoms with van der Waals surface area (Å²) in [7, 11) is 0. The van der Waals surface area contributed by atoms with E-state index in [1.807, 2.05) is 6.07 Å². The molecule has 0 amide bonds. The highest BCUT2D eigenvalue weighted by molar-refractivity contribution is 7.10. The van der Waals surface area contributed by atoms with Crippen LogP contribution in [0, 0.1) is 5.13 Å². The van der Waals surface area contributed by atoms with Gasteiger partial charge in [0.25, 0.3) is 0 Å². The number of rotatable bonds is 2. The zero-order chi connectivity index (χ0) is 9.97. The minimum absolute atomic E-state index is 0.0892. The van der Waals surface area contributed by atoms with Crippen molar-refractivity contribution in [3.63, 3.8) is 0 Å².